The maximum absolute atomic E-state index is 11.8. The number of carbonyl (C=O) groups is 1. The van der Waals surface area contributed by atoms with E-state index in [9.17, 15) is 4.79 Å². The van der Waals surface area contributed by atoms with Crippen LogP contribution in [0.2, 0.25) is 0 Å². The van der Waals surface area contributed by atoms with Gasteiger partial charge < -0.3 is 14.6 Å². The summed E-state index contributed by atoms with van der Waals surface area (Å²) in [7, 11) is 1.91. The molecule has 1 heterocycles. The largest absolute Gasteiger partial charge is 0.409 e. The van der Waals surface area contributed by atoms with E-state index < -0.39 is 0 Å². The number of quaternary nitrogens is 1. The van der Waals surface area contributed by atoms with Gasteiger partial charge in [0.25, 0.3) is 10.7 Å². The number of hydrogen-bond donors (Lipinski definition) is 2. The Labute approximate surface area is 148 Å². The molecule has 0 aliphatic carbocycles. The molecule has 0 radical (unpaired) electrons. The van der Waals surface area contributed by atoms with Gasteiger partial charge in [-0.25, -0.2) is 0 Å². The summed E-state index contributed by atoms with van der Waals surface area (Å²) >= 11 is 8.64. The number of halogens is 1. The number of likely N-dealkylation sites (N-methyl/N-ethyl adjacent to an activating group) is 1. The van der Waals surface area contributed by atoms with Crippen molar-refractivity contribution >= 4 is 34.1 Å². The Bertz CT molecular complexity index is 741. The highest BCUT2D eigenvalue weighted by Crippen LogP contribution is 2.21. The molecule has 2 N–H and O–H groups in total. The number of benzene rings is 1. The van der Waals surface area contributed by atoms with Gasteiger partial charge in [-0.15, -0.1) is 5.10 Å². The van der Waals surface area contributed by atoms with Crippen molar-refractivity contribution < 1.29 is 14.1 Å². The van der Waals surface area contributed by atoms with Gasteiger partial charge in [-0.2, -0.15) is 4.68 Å². The van der Waals surface area contributed by atoms with Gasteiger partial charge in [0.15, 0.2) is 13.2 Å². The van der Waals surface area contributed by atoms with Gasteiger partial charge in [0, 0.05) is 16.1 Å². The number of aromatic nitrogens is 2. The number of carbonyl (C=O) groups excluding carboxylic acids is 1. The quantitative estimate of drug-likeness (QED) is 0.724. The number of rotatable bonds is 6. The zero-order valence-electron chi connectivity index (χ0n) is 13.3. The molecule has 2 rings (SSSR count). The lowest BCUT2D eigenvalue weighted by Crippen LogP contribution is -3.09. The maximum Gasteiger partial charge on any atom is 0.292 e. The van der Waals surface area contributed by atoms with Crippen molar-refractivity contribution in [1.82, 2.24) is 15.1 Å². The highest BCUT2D eigenvalue weighted by molar-refractivity contribution is 9.10. The maximum atomic E-state index is 11.8. The predicted octanol–water partition coefficient (Wildman–Crippen LogP) is 1.63. The second kappa shape index (κ2) is 7.85. The van der Waals surface area contributed by atoms with Crippen molar-refractivity contribution in [3.63, 3.8) is 0 Å². The van der Waals surface area contributed by atoms with Gasteiger partial charge >= 0.3 is 0 Å². The first-order valence-electron chi connectivity index (χ1n) is 7.29. The molecule has 8 heteroatoms. The van der Waals surface area contributed by atoms with Crippen molar-refractivity contribution in [2.75, 3.05) is 13.6 Å². The third kappa shape index (κ3) is 5.26. The summed E-state index contributed by atoms with van der Waals surface area (Å²) in [5.74, 6) is 0.468. The van der Waals surface area contributed by atoms with E-state index in [0.717, 1.165) is 14.9 Å². The Balaban J connectivity index is 2.07. The van der Waals surface area contributed by atoms with E-state index in [0.29, 0.717) is 23.9 Å². The Kier molecular flexibility index (Phi) is 6.09. The summed E-state index contributed by atoms with van der Waals surface area (Å²) in [4.78, 5) is 13.0. The molecule has 2 aromatic rings. The summed E-state index contributed by atoms with van der Waals surface area (Å²) in [6.45, 7) is 4.68. The Hall–Kier alpha value is -1.51. The minimum absolute atomic E-state index is 0.000253. The molecule has 0 bridgehead atoms. The van der Waals surface area contributed by atoms with Crippen LogP contribution in [0.15, 0.2) is 33.2 Å². The average molecular weight is 400 g/mol. The third-order valence-electron chi connectivity index (χ3n) is 3.01. The second-order valence-electron chi connectivity index (χ2n) is 5.70. The van der Waals surface area contributed by atoms with Crippen LogP contribution < -0.4 is 10.2 Å². The zero-order valence-corrected chi connectivity index (χ0v) is 15.7. The van der Waals surface area contributed by atoms with E-state index in [2.05, 4.69) is 26.3 Å². The second-order valence-corrected chi connectivity index (χ2v) is 6.96. The number of nitrogens with zero attached hydrogens (tertiary/aromatic N) is 2. The Morgan fingerprint density at radius 2 is 2.26 bits per heavy atom. The SMILES string of the molecule is CC(C)NC(=O)C[NH+](C)Cn1nc(-c2cccc(Br)c2)oc1=S. The Morgan fingerprint density at radius 1 is 1.52 bits per heavy atom. The van der Waals surface area contributed by atoms with Gasteiger partial charge in [0.1, 0.15) is 0 Å². The number of hydrogen-bond acceptors (Lipinski definition) is 4. The van der Waals surface area contributed by atoms with Gasteiger partial charge in [-0.3, -0.25) is 4.79 Å². The van der Waals surface area contributed by atoms with Crippen LogP contribution >= 0.6 is 28.1 Å². The normalized spacial score (nSPS) is 12.4. The fourth-order valence-corrected chi connectivity index (χ4v) is 2.69. The van der Waals surface area contributed by atoms with Crippen molar-refractivity contribution in [3.05, 3.63) is 33.6 Å². The molecule has 124 valence electrons. The molecule has 1 aromatic heterocycles. The van der Waals surface area contributed by atoms with E-state index in [1.54, 1.807) is 4.68 Å². The zero-order chi connectivity index (χ0) is 17.0. The summed E-state index contributed by atoms with van der Waals surface area (Å²) in [5.41, 5.74) is 0.847. The lowest BCUT2D eigenvalue weighted by molar-refractivity contribution is -0.895. The number of amides is 1. The van der Waals surface area contributed by atoms with E-state index in [1.807, 2.05) is 45.2 Å². The standard InChI is InChI=1S/C15H19BrN4O2S/c1-10(2)17-13(21)8-19(3)9-20-15(23)22-14(18-20)11-5-4-6-12(16)7-11/h4-7,10H,8-9H2,1-3H3,(H,17,21)/p+1. The van der Waals surface area contributed by atoms with E-state index >= 15 is 0 Å². The van der Waals surface area contributed by atoms with Crippen molar-refractivity contribution in [2.24, 2.45) is 0 Å². The Morgan fingerprint density at radius 3 is 2.91 bits per heavy atom. The topological polar surface area (TPSA) is 64.5 Å². The van der Waals surface area contributed by atoms with Crippen LogP contribution in [-0.4, -0.2) is 35.3 Å². The monoisotopic (exact) mass is 399 g/mol. The molecule has 1 atom stereocenters. The first kappa shape index (κ1) is 17.8. The van der Waals surface area contributed by atoms with E-state index in [1.165, 1.54) is 0 Å². The van der Waals surface area contributed by atoms with Crippen LogP contribution in [0.3, 0.4) is 0 Å². The van der Waals surface area contributed by atoms with Crippen molar-refractivity contribution in [2.45, 2.75) is 26.6 Å². The van der Waals surface area contributed by atoms with Crippen molar-refractivity contribution in [1.29, 1.82) is 0 Å². The van der Waals surface area contributed by atoms with E-state index in [-0.39, 0.29) is 11.9 Å². The highest BCUT2D eigenvalue weighted by atomic mass is 79.9. The molecule has 0 aliphatic rings. The molecule has 6 nitrogen and oxygen atoms in total. The minimum Gasteiger partial charge on any atom is -0.409 e. The highest BCUT2D eigenvalue weighted by Gasteiger charge is 2.15. The van der Waals surface area contributed by atoms with Gasteiger partial charge in [0.2, 0.25) is 5.89 Å². The average Bonchev–Trinajstić information content (AvgIpc) is 2.79. The van der Waals surface area contributed by atoms with Crippen LogP contribution in [0.5, 0.6) is 0 Å². The first-order chi connectivity index (χ1) is 10.8. The summed E-state index contributed by atoms with van der Waals surface area (Å²) in [6, 6.07) is 7.79. The van der Waals surface area contributed by atoms with Crippen LogP contribution in [0.1, 0.15) is 13.8 Å². The molecule has 0 spiro atoms. The molecular formula is C15H20BrN4O2S+. The predicted molar refractivity (Wildman–Crippen MR) is 93.5 cm³/mol. The summed E-state index contributed by atoms with van der Waals surface area (Å²) in [6.07, 6.45) is 0. The molecule has 23 heavy (non-hydrogen) atoms. The minimum atomic E-state index is -0.000253. The van der Waals surface area contributed by atoms with Gasteiger partial charge in [-0.1, -0.05) is 22.0 Å². The van der Waals surface area contributed by atoms with Gasteiger partial charge in [-0.05, 0) is 44.3 Å². The molecular weight excluding hydrogens is 380 g/mol. The molecule has 0 aliphatic heterocycles. The van der Waals surface area contributed by atoms with Crippen LogP contribution in [-0.2, 0) is 11.5 Å². The first-order valence-corrected chi connectivity index (χ1v) is 8.50. The lowest BCUT2D eigenvalue weighted by Gasteiger charge is -2.14. The fraction of sp³-hybridized carbons (Fsp3) is 0.400. The lowest BCUT2D eigenvalue weighted by atomic mass is 10.2. The van der Waals surface area contributed by atoms with Crippen LogP contribution in [0.4, 0.5) is 0 Å². The summed E-state index contributed by atoms with van der Waals surface area (Å²) in [5, 5.41) is 7.27. The van der Waals surface area contributed by atoms with Crippen molar-refractivity contribution in [3.8, 4) is 11.5 Å². The van der Waals surface area contributed by atoms with Crippen LogP contribution in [0, 0.1) is 4.84 Å². The van der Waals surface area contributed by atoms with E-state index in [4.69, 9.17) is 16.6 Å². The molecule has 1 unspecified atom stereocenters. The molecule has 1 aromatic carbocycles. The summed E-state index contributed by atoms with van der Waals surface area (Å²) < 4.78 is 8.10. The molecule has 0 saturated carbocycles. The number of nitrogens with one attached hydrogen (secondary N) is 2. The molecule has 0 saturated heterocycles. The smallest absolute Gasteiger partial charge is 0.292 e. The third-order valence-corrected chi connectivity index (χ3v) is 3.80. The van der Waals surface area contributed by atoms with Crippen LogP contribution in [0.25, 0.3) is 11.5 Å². The fourth-order valence-electron chi connectivity index (χ4n) is 2.10. The molecule has 1 amide bonds. The van der Waals surface area contributed by atoms with Gasteiger partial charge in [0.05, 0.1) is 7.05 Å². The molecule has 0 fully saturated rings.